The number of nitrogens with one attached hydrogen (secondary N) is 1. The van der Waals surface area contributed by atoms with Crippen molar-refractivity contribution in [3.05, 3.63) is 49.2 Å². The molecular weight excluding hydrogens is 378 g/mol. The molecular formula is C13H12FIN2OS. The number of rotatable bonds is 3. The topological polar surface area (TPSA) is 42.0 Å². The summed E-state index contributed by atoms with van der Waals surface area (Å²) < 4.78 is 13.7. The van der Waals surface area contributed by atoms with Crippen molar-refractivity contribution >= 4 is 39.8 Å². The van der Waals surface area contributed by atoms with Gasteiger partial charge in [0.25, 0.3) is 5.91 Å². The Kier molecular flexibility index (Phi) is 4.51. The van der Waals surface area contributed by atoms with E-state index in [1.54, 1.807) is 12.1 Å². The van der Waals surface area contributed by atoms with Gasteiger partial charge in [0.1, 0.15) is 10.7 Å². The normalized spacial score (nSPS) is 12.2. The summed E-state index contributed by atoms with van der Waals surface area (Å²) in [6.07, 6.45) is 0. The van der Waals surface area contributed by atoms with Crippen molar-refractivity contribution in [2.24, 2.45) is 0 Å². The molecule has 0 radical (unpaired) electrons. The number of nitrogens with zero attached hydrogens (tertiary/aromatic N) is 1. The maximum Gasteiger partial charge on any atom is 0.263 e. The molecule has 0 aliphatic heterocycles. The number of benzene rings is 1. The maximum atomic E-state index is 12.8. The molecule has 0 saturated heterocycles. The van der Waals surface area contributed by atoms with Gasteiger partial charge in [0.15, 0.2) is 3.01 Å². The molecule has 2 rings (SSSR count). The number of aromatic nitrogens is 1. The van der Waals surface area contributed by atoms with E-state index in [-0.39, 0.29) is 17.8 Å². The van der Waals surface area contributed by atoms with Crippen molar-refractivity contribution in [3.63, 3.8) is 0 Å². The fourth-order valence-corrected chi connectivity index (χ4v) is 3.39. The Morgan fingerprint density at radius 2 is 2.05 bits per heavy atom. The van der Waals surface area contributed by atoms with E-state index in [0.29, 0.717) is 4.88 Å². The van der Waals surface area contributed by atoms with Crippen LogP contribution in [0.15, 0.2) is 24.3 Å². The Labute approximate surface area is 128 Å². The van der Waals surface area contributed by atoms with Crippen LogP contribution < -0.4 is 5.32 Å². The van der Waals surface area contributed by atoms with Crippen LogP contribution >= 0.6 is 33.9 Å². The molecule has 1 aromatic carbocycles. The zero-order valence-corrected chi connectivity index (χ0v) is 13.4. The Morgan fingerprint density at radius 3 is 2.58 bits per heavy atom. The third-order valence-electron chi connectivity index (χ3n) is 2.69. The smallest absolute Gasteiger partial charge is 0.263 e. The number of halogens is 2. The number of aryl methyl sites for hydroxylation is 1. The molecule has 1 amide bonds. The third kappa shape index (κ3) is 3.50. The van der Waals surface area contributed by atoms with Crippen LogP contribution in [0.4, 0.5) is 4.39 Å². The minimum atomic E-state index is -0.282. The van der Waals surface area contributed by atoms with Gasteiger partial charge in [-0.25, -0.2) is 9.37 Å². The van der Waals surface area contributed by atoms with E-state index >= 15 is 0 Å². The summed E-state index contributed by atoms with van der Waals surface area (Å²) in [7, 11) is 0. The van der Waals surface area contributed by atoms with Gasteiger partial charge in [-0.05, 0) is 54.1 Å². The molecule has 0 aliphatic rings. The van der Waals surface area contributed by atoms with Gasteiger partial charge >= 0.3 is 0 Å². The van der Waals surface area contributed by atoms with E-state index in [2.05, 4.69) is 32.9 Å². The molecule has 1 atom stereocenters. The van der Waals surface area contributed by atoms with E-state index in [1.165, 1.54) is 23.5 Å². The van der Waals surface area contributed by atoms with Crippen molar-refractivity contribution in [3.8, 4) is 0 Å². The number of hydrogen-bond acceptors (Lipinski definition) is 3. The van der Waals surface area contributed by atoms with Crippen LogP contribution in [0.2, 0.25) is 0 Å². The van der Waals surface area contributed by atoms with E-state index in [1.807, 2.05) is 13.8 Å². The van der Waals surface area contributed by atoms with Crippen LogP contribution in [0.5, 0.6) is 0 Å². The second-order valence-corrected chi connectivity index (χ2v) is 6.88. The van der Waals surface area contributed by atoms with Gasteiger partial charge in [0, 0.05) is 0 Å². The largest absolute Gasteiger partial charge is 0.345 e. The summed E-state index contributed by atoms with van der Waals surface area (Å²) in [6.45, 7) is 3.68. The second kappa shape index (κ2) is 5.96. The number of thiazole rings is 1. The first-order valence-corrected chi connectivity index (χ1v) is 7.56. The first kappa shape index (κ1) is 14.4. The summed E-state index contributed by atoms with van der Waals surface area (Å²) in [6, 6.07) is 5.94. The summed E-state index contributed by atoms with van der Waals surface area (Å²) in [5, 5.41) is 2.89. The highest BCUT2D eigenvalue weighted by Gasteiger charge is 2.17. The summed E-state index contributed by atoms with van der Waals surface area (Å²) in [5.41, 5.74) is 1.60. The second-order valence-electron chi connectivity index (χ2n) is 4.13. The molecule has 3 nitrogen and oxygen atoms in total. The highest BCUT2D eigenvalue weighted by molar-refractivity contribution is 14.1. The molecule has 0 spiro atoms. The SMILES string of the molecule is Cc1nc(I)sc1C(=O)NC(C)c1ccc(F)cc1. The summed E-state index contributed by atoms with van der Waals surface area (Å²) in [4.78, 5) is 17.0. The molecule has 0 saturated carbocycles. The Balaban J connectivity index is 2.10. The molecule has 0 aliphatic carbocycles. The van der Waals surface area contributed by atoms with Crippen LogP contribution in [0.1, 0.15) is 33.9 Å². The minimum absolute atomic E-state index is 0.144. The molecule has 0 bridgehead atoms. The van der Waals surface area contributed by atoms with Gasteiger partial charge in [-0.15, -0.1) is 11.3 Å². The van der Waals surface area contributed by atoms with Crippen LogP contribution in [-0.4, -0.2) is 10.9 Å². The Bertz CT molecular complexity index is 597. The fraction of sp³-hybridized carbons (Fsp3) is 0.231. The molecule has 100 valence electrons. The van der Waals surface area contributed by atoms with Crippen LogP contribution in [0.3, 0.4) is 0 Å². The monoisotopic (exact) mass is 390 g/mol. The molecule has 0 fully saturated rings. The lowest BCUT2D eigenvalue weighted by atomic mass is 10.1. The quantitative estimate of drug-likeness (QED) is 0.813. The van der Waals surface area contributed by atoms with E-state index in [0.717, 1.165) is 14.3 Å². The number of hydrogen-bond donors (Lipinski definition) is 1. The first-order valence-electron chi connectivity index (χ1n) is 5.66. The van der Waals surface area contributed by atoms with Gasteiger partial charge in [-0.3, -0.25) is 4.79 Å². The van der Waals surface area contributed by atoms with Crippen LogP contribution in [-0.2, 0) is 0 Å². The molecule has 1 unspecified atom stereocenters. The molecule has 1 N–H and O–H groups in total. The lowest BCUT2D eigenvalue weighted by molar-refractivity contribution is 0.0943. The average Bonchev–Trinajstić information content (AvgIpc) is 2.69. The van der Waals surface area contributed by atoms with Crippen LogP contribution in [0, 0.1) is 15.8 Å². The van der Waals surface area contributed by atoms with Gasteiger partial charge in [-0.1, -0.05) is 12.1 Å². The lowest BCUT2D eigenvalue weighted by Gasteiger charge is -2.13. The number of amides is 1. The van der Waals surface area contributed by atoms with E-state index in [4.69, 9.17) is 0 Å². The standard InChI is InChI=1S/C13H12FIN2OS/c1-7(9-3-5-10(14)6-4-9)16-12(18)11-8(2)17-13(15)19-11/h3-7H,1-2H3,(H,16,18). The van der Waals surface area contributed by atoms with E-state index in [9.17, 15) is 9.18 Å². The van der Waals surface area contributed by atoms with Crippen molar-refractivity contribution in [2.75, 3.05) is 0 Å². The average molecular weight is 390 g/mol. The van der Waals surface area contributed by atoms with Crippen molar-refractivity contribution < 1.29 is 9.18 Å². The molecule has 6 heteroatoms. The van der Waals surface area contributed by atoms with Gasteiger partial charge in [0.05, 0.1) is 11.7 Å². The van der Waals surface area contributed by atoms with Crippen molar-refractivity contribution in [1.29, 1.82) is 0 Å². The summed E-state index contributed by atoms with van der Waals surface area (Å²) in [5.74, 6) is -0.426. The number of carbonyl (C=O) groups excluding carboxylic acids is 1. The van der Waals surface area contributed by atoms with Gasteiger partial charge in [0.2, 0.25) is 0 Å². The van der Waals surface area contributed by atoms with Gasteiger partial charge < -0.3 is 5.32 Å². The number of carbonyl (C=O) groups is 1. The third-order valence-corrected chi connectivity index (χ3v) is 4.54. The van der Waals surface area contributed by atoms with Crippen molar-refractivity contribution in [2.45, 2.75) is 19.9 Å². The molecule has 1 heterocycles. The molecule has 1 aromatic heterocycles. The molecule has 2 aromatic rings. The lowest BCUT2D eigenvalue weighted by Crippen LogP contribution is -2.26. The van der Waals surface area contributed by atoms with Crippen LogP contribution in [0.25, 0.3) is 0 Å². The fourth-order valence-electron chi connectivity index (χ4n) is 1.67. The zero-order chi connectivity index (χ0) is 14.0. The predicted molar refractivity (Wildman–Crippen MR) is 81.8 cm³/mol. The summed E-state index contributed by atoms with van der Waals surface area (Å²) >= 11 is 3.46. The Hall–Kier alpha value is -1.02. The first-order chi connectivity index (χ1) is 8.97. The molecule has 19 heavy (non-hydrogen) atoms. The predicted octanol–water partition coefficient (Wildman–Crippen LogP) is 3.69. The minimum Gasteiger partial charge on any atom is -0.345 e. The maximum absolute atomic E-state index is 12.8. The van der Waals surface area contributed by atoms with Gasteiger partial charge in [-0.2, -0.15) is 0 Å². The Morgan fingerprint density at radius 1 is 1.42 bits per heavy atom. The zero-order valence-electron chi connectivity index (χ0n) is 10.4. The van der Waals surface area contributed by atoms with E-state index < -0.39 is 0 Å². The van der Waals surface area contributed by atoms with Crippen molar-refractivity contribution in [1.82, 2.24) is 10.3 Å². The highest BCUT2D eigenvalue weighted by atomic mass is 127. The highest BCUT2D eigenvalue weighted by Crippen LogP contribution is 2.21.